The lowest BCUT2D eigenvalue weighted by molar-refractivity contribution is 0.331. The van der Waals surface area contributed by atoms with Crippen LogP contribution in [-0.2, 0) is 0 Å². The fourth-order valence-corrected chi connectivity index (χ4v) is 2.45. The fourth-order valence-electron chi connectivity index (χ4n) is 2.45. The Balaban J connectivity index is 2.06. The molecule has 2 aromatic carbocycles. The Morgan fingerprint density at radius 1 is 1.00 bits per heavy atom. The average molecular weight is 309 g/mol. The zero-order valence-electron chi connectivity index (χ0n) is 13.2. The van der Waals surface area contributed by atoms with Gasteiger partial charge in [-0.1, -0.05) is 24.3 Å². The van der Waals surface area contributed by atoms with Crippen molar-refractivity contribution in [2.24, 2.45) is 15.7 Å². The molecule has 0 amide bonds. The summed E-state index contributed by atoms with van der Waals surface area (Å²) in [7, 11) is 0. The molecule has 0 bridgehead atoms. The number of nitrogens with two attached hydrogens (primary N) is 1. The number of hydrogen-bond acceptors (Lipinski definition) is 4. The summed E-state index contributed by atoms with van der Waals surface area (Å²) in [5, 5.41) is 0. The van der Waals surface area contributed by atoms with Crippen LogP contribution in [0.15, 0.2) is 52.4 Å². The molecule has 1 aliphatic rings. The van der Waals surface area contributed by atoms with E-state index >= 15 is 0 Å². The number of rotatable bonds is 5. The Labute approximate surface area is 135 Å². The molecule has 5 nitrogen and oxygen atoms in total. The standard InChI is InChI=1S/C18H19N3O2/c1-3-22-12-9-10-16(23-4-2)15(11-12)20-18-14-8-6-5-7-13(14)17(19)21-18/h5-11H,3-4H2,1-2H3,(H2,19,20,21). The van der Waals surface area contributed by atoms with Crippen molar-refractivity contribution in [3.8, 4) is 11.5 Å². The first-order valence-electron chi connectivity index (χ1n) is 7.65. The van der Waals surface area contributed by atoms with Crippen LogP contribution >= 0.6 is 0 Å². The minimum atomic E-state index is 0.485. The summed E-state index contributed by atoms with van der Waals surface area (Å²) in [4.78, 5) is 9.03. The van der Waals surface area contributed by atoms with Gasteiger partial charge >= 0.3 is 0 Å². The van der Waals surface area contributed by atoms with E-state index in [0.29, 0.717) is 36.3 Å². The van der Waals surface area contributed by atoms with Crippen molar-refractivity contribution in [3.63, 3.8) is 0 Å². The van der Waals surface area contributed by atoms with Gasteiger partial charge in [0.25, 0.3) is 0 Å². The van der Waals surface area contributed by atoms with Crippen molar-refractivity contribution in [3.05, 3.63) is 53.6 Å². The molecule has 0 aliphatic carbocycles. The second-order valence-electron chi connectivity index (χ2n) is 4.97. The molecular formula is C18H19N3O2. The molecule has 0 saturated heterocycles. The summed E-state index contributed by atoms with van der Waals surface area (Å²) in [6.45, 7) is 5.04. The highest BCUT2D eigenvalue weighted by atomic mass is 16.5. The third-order valence-corrected chi connectivity index (χ3v) is 3.44. The van der Waals surface area contributed by atoms with Gasteiger partial charge in [-0.25, -0.2) is 9.98 Å². The summed E-state index contributed by atoms with van der Waals surface area (Å²) in [6, 6.07) is 13.4. The van der Waals surface area contributed by atoms with Gasteiger partial charge < -0.3 is 15.2 Å². The van der Waals surface area contributed by atoms with Crippen molar-refractivity contribution in [2.45, 2.75) is 13.8 Å². The molecule has 2 N–H and O–H groups in total. The summed E-state index contributed by atoms with van der Waals surface area (Å²) in [5.41, 5.74) is 8.49. The smallest absolute Gasteiger partial charge is 0.163 e. The average Bonchev–Trinajstić information content (AvgIpc) is 2.87. The molecule has 3 rings (SSSR count). The van der Waals surface area contributed by atoms with E-state index in [1.54, 1.807) is 0 Å². The Morgan fingerprint density at radius 2 is 1.74 bits per heavy atom. The molecule has 0 saturated carbocycles. The fraction of sp³-hybridized carbons (Fsp3) is 0.222. The first kappa shape index (κ1) is 15.1. The van der Waals surface area contributed by atoms with Gasteiger partial charge in [0.05, 0.1) is 13.2 Å². The van der Waals surface area contributed by atoms with Crippen molar-refractivity contribution < 1.29 is 9.47 Å². The SMILES string of the molecule is CCOc1ccc(OCC)c(N=C2N=C(N)c3ccccc32)c1. The van der Waals surface area contributed by atoms with E-state index < -0.39 is 0 Å². The molecule has 0 fully saturated rings. The third-order valence-electron chi connectivity index (χ3n) is 3.44. The number of hydrogen-bond donors (Lipinski definition) is 1. The van der Waals surface area contributed by atoms with Crippen molar-refractivity contribution in [1.29, 1.82) is 0 Å². The molecule has 1 aliphatic heterocycles. The molecule has 0 aromatic heterocycles. The molecule has 0 unspecified atom stereocenters. The van der Waals surface area contributed by atoms with Gasteiger partial charge in [-0.05, 0) is 26.0 Å². The monoisotopic (exact) mass is 309 g/mol. The van der Waals surface area contributed by atoms with E-state index in [0.717, 1.165) is 16.9 Å². The van der Waals surface area contributed by atoms with E-state index in [4.69, 9.17) is 15.2 Å². The largest absolute Gasteiger partial charge is 0.494 e. The second-order valence-corrected chi connectivity index (χ2v) is 4.97. The van der Waals surface area contributed by atoms with E-state index in [9.17, 15) is 0 Å². The zero-order valence-corrected chi connectivity index (χ0v) is 13.2. The van der Waals surface area contributed by atoms with Gasteiger partial charge in [0, 0.05) is 17.2 Å². The molecule has 2 aromatic rings. The number of amidine groups is 2. The van der Waals surface area contributed by atoms with Crippen LogP contribution in [0.1, 0.15) is 25.0 Å². The van der Waals surface area contributed by atoms with E-state index in [1.807, 2.05) is 56.3 Å². The Bertz CT molecular complexity index is 782. The minimum Gasteiger partial charge on any atom is -0.494 e. The van der Waals surface area contributed by atoms with Gasteiger partial charge in [0.1, 0.15) is 23.0 Å². The topological polar surface area (TPSA) is 69.2 Å². The normalized spacial score (nSPS) is 14.5. The molecule has 5 heteroatoms. The summed E-state index contributed by atoms with van der Waals surface area (Å²) in [5.74, 6) is 2.52. The number of nitrogens with zero attached hydrogens (tertiary/aromatic N) is 2. The lowest BCUT2D eigenvalue weighted by atomic mass is 10.1. The minimum absolute atomic E-state index is 0.485. The molecule has 0 spiro atoms. The van der Waals surface area contributed by atoms with Crippen LogP contribution in [0.3, 0.4) is 0 Å². The van der Waals surface area contributed by atoms with Crippen molar-refractivity contribution in [2.75, 3.05) is 13.2 Å². The second kappa shape index (κ2) is 6.52. The van der Waals surface area contributed by atoms with E-state index in [2.05, 4.69) is 9.98 Å². The van der Waals surface area contributed by atoms with Crippen LogP contribution in [0.2, 0.25) is 0 Å². The molecule has 118 valence electrons. The van der Waals surface area contributed by atoms with Gasteiger partial charge in [0.15, 0.2) is 5.84 Å². The molecule has 0 radical (unpaired) electrons. The number of ether oxygens (including phenoxy) is 2. The first-order valence-corrected chi connectivity index (χ1v) is 7.65. The van der Waals surface area contributed by atoms with Gasteiger partial charge in [0.2, 0.25) is 0 Å². The Hall–Kier alpha value is -2.82. The predicted octanol–water partition coefficient (Wildman–Crippen LogP) is 3.28. The molecule has 23 heavy (non-hydrogen) atoms. The quantitative estimate of drug-likeness (QED) is 0.921. The highest BCUT2D eigenvalue weighted by Gasteiger charge is 2.19. The lowest BCUT2D eigenvalue weighted by Crippen LogP contribution is -2.09. The van der Waals surface area contributed by atoms with E-state index in [-0.39, 0.29) is 0 Å². The van der Waals surface area contributed by atoms with Gasteiger partial charge in [-0.3, -0.25) is 0 Å². The maximum atomic E-state index is 5.98. The van der Waals surface area contributed by atoms with Crippen LogP contribution in [-0.4, -0.2) is 24.9 Å². The van der Waals surface area contributed by atoms with Crippen LogP contribution in [0.5, 0.6) is 11.5 Å². The zero-order chi connectivity index (χ0) is 16.2. The molecule has 1 heterocycles. The highest BCUT2D eigenvalue weighted by molar-refractivity contribution is 6.22. The highest BCUT2D eigenvalue weighted by Crippen LogP contribution is 2.33. The van der Waals surface area contributed by atoms with Crippen LogP contribution in [0.4, 0.5) is 5.69 Å². The van der Waals surface area contributed by atoms with Crippen LogP contribution in [0, 0.1) is 0 Å². The van der Waals surface area contributed by atoms with Crippen LogP contribution < -0.4 is 15.2 Å². The number of aliphatic imine (C=N–C) groups is 2. The molecular weight excluding hydrogens is 290 g/mol. The summed E-state index contributed by atoms with van der Waals surface area (Å²) in [6.07, 6.45) is 0. The predicted molar refractivity (Wildman–Crippen MR) is 92.1 cm³/mol. The maximum absolute atomic E-state index is 5.98. The summed E-state index contributed by atoms with van der Waals surface area (Å²) >= 11 is 0. The maximum Gasteiger partial charge on any atom is 0.163 e. The third kappa shape index (κ3) is 3.04. The van der Waals surface area contributed by atoms with Crippen LogP contribution in [0.25, 0.3) is 0 Å². The Morgan fingerprint density at radius 3 is 2.48 bits per heavy atom. The molecule has 0 atom stereocenters. The van der Waals surface area contributed by atoms with Crippen molar-refractivity contribution in [1.82, 2.24) is 0 Å². The summed E-state index contributed by atoms with van der Waals surface area (Å²) < 4.78 is 11.2. The van der Waals surface area contributed by atoms with Gasteiger partial charge in [-0.15, -0.1) is 0 Å². The lowest BCUT2D eigenvalue weighted by Gasteiger charge is -2.10. The first-order chi connectivity index (χ1) is 11.2. The van der Waals surface area contributed by atoms with E-state index in [1.165, 1.54) is 0 Å². The van der Waals surface area contributed by atoms with Crippen molar-refractivity contribution >= 4 is 17.4 Å². The Kier molecular flexibility index (Phi) is 4.28. The van der Waals surface area contributed by atoms with Gasteiger partial charge in [-0.2, -0.15) is 0 Å². The number of fused-ring (bicyclic) bond motifs is 1. The number of benzene rings is 2.